The predicted octanol–water partition coefficient (Wildman–Crippen LogP) is 1.45. The van der Waals surface area contributed by atoms with Crippen LogP contribution in [-0.2, 0) is 14.6 Å². The molecule has 1 aliphatic rings. The van der Waals surface area contributed by atoms with E-state index >= 15 is 0 Å². The minimum absolute atomic E-state index is 0.0227. The Bertz CT molecular complexity index is 276. The van der Waals surface area contributed by atoms with Crippen LogP contribution in [0.5, 0.6) is 0 Å². The van der Waals surface area contributed by atoms with Gasteiger partial charge in [-0.3, -0.25) is 0 Å². The van der Waals surface area contributed by atoms with Crippen molar-refractivity contribution in [1.29, 1.82) is 0 Å². The lowest BCUT2D eigenvalue weighted by molar-refractivity contribution is 0.126. The Hall–Kier alpha value is 0.200. The monoisotopic (exact) mass is 240 g/mol. The highest BCUT2D eigenvalue weighted by molar-refractivity contribution is 7.92. The molecule has 0 amide bonds. The molecular formula is C9H17ClO3S. The molecule has 3 unspecified atom stereocenters. The van der Waals surface area contributed by atoms with Gasteiger partial charge in [-0.05, 0) is 19.3 Å². The van der Waals surface area contributed by atoms with E-state index in [1.807, 2.05) is 13.8 Å². The lowest BCUT2D eigenvalue weighted by Crippen LogP contribution is -2.32. The largest absolute Gasteiger partial charge is 0.377 e. The quantitative estimate of drug-likeness (QED) is 0.699. The van der Waals surface area contributed by atoms with Gasteiger partial charge in [0.15, 0.2) is 9.84 Å². The fourth-order valence-corrected chi connectivity index (χ4v) is 4.26. The highest BCUT2D eigenvalue weighted by atomic mass is 35.5. The molecule has 0 aromatic heterocycles. The molecule has 3 nitrogen and oxygen atoms in total. The summed E-state index contributed by atoms with van der Waals surface area (Å²) < 4.78 is 29.0. The van der Waals surface area contributed by atoms with Crippen molar-refractivity contribution in [2.45, 2.75) is 31.6 Å². The van der Waals surface area contributed by atoms with Gasteiger partial charge in [-0.25, -0.2) is 8.42 Å². The fraction of sp³-hybridized carbons (Fsp3) is 1.00. The molecular weight excluding hydrogens is 224 g/mol. The summed E-state index contributed by atoms with van der Waals surface area (Å²) in [5, 5.41) is -0.326. The van der Waals surface area contributed by atoms with Crippen molar-refractivity contribution in [3.63, 3.8) is 0 Å². The van der Waals surface area contributed by atoms with Gasteiger partial charge in [-0.15, -0.1) is 11.6 Å². The van der Waals surface area contributed by atoms with E-state index in [1.54, 1.807) is 0 Å². The molecule has 14 heavy (non-hydrogen) atoms. The smallest absolute Gasteiger partial charge is 0.156 e. The zero-order valence-electron chi connectivity index (χ0n) is 8.57. The number of rotatable bonds is 4. The van der Waals surface area contributed by atoms with Gasteiger partial charge in [0.25, 0.3) is 0 Å². The van der Waals surface area contributed by atoms with Crippen LogP contribution in [-0.4, -0.2) is 38.0 Å². The standard InChI is InChI=1S/C9H17ClO3S/c1-7(5-10)6-14(11,12)9-3-4-13-8(9)2/h7-9H,3-6H2,1-2H3. The normalized spacial score (nSPS) is 30.5. The Morgan fingerprint density at radius 2 is 2.21 bits per heavy atom. The van der Waals surface area contributed by atoms with E-state index in [-0.39, 0.29) is 23.0 Å². The Morgan fingerprint density at radius 3 is 2.64 bits per heavy atom. The number of hydrogen-bond acceptors (Lipinski definition) is 3. The van der Waals surface area contributed by atoms with Crippen LogP contribution < -0.4 is 0 Å². The van der Waals surface area contributed by atoms with Crippen LogP contribution in [0, 0.1) is 5.92 Å². The summed E-state index contributed by atoms with van der Waals surface area (Å²) in [4.78, 5) is 0. The van der Waals surface area contributed by atoms with Crippen LogP contribution in [0.2, 0.25) is 0 Å². The summed E-state index contributed by atoms with van der Waals surface area (Å²) in [7, 11) is -3.03. The summed E-state index contributed by atoms with van der Waals surface area (Å²) in [5.74, 6) is 0.588. The minimum Gasteiger partial charge on any atom is -0.377 e. The van der Waals surface area contributed by atoms with Crippen molar-refractivity contribution in [3.8, 4) is 0 Å². The van der Waals surface area contributed by atoms with Gasteiger partial charge >= 0.3 is 0 Å². The van der Waals surface area contributed by atoms with E-state index in [9.17, 15) is 8.42 Å². The first kappa shape index (κ1) is 12.3. The van der Waals surface area contributed by atoms with Gasteiger partial charge in [0.05, 0.1) is 17.1 Å². The number of ether oxygens (including phenoxy) is 1. The van der Waals surface area contributed by atoms with Crippen molar-refractivity contribution in [3.05, 3.63) is 0 Å². The van der Waals surface area contributed by atoms with Crippen LogP contribution in [0.1, 0.15) is 20.3 Å². The van der Waals surface area contributed by atoms with Crippen LogP contribution in [0.4, 0.5) is 0 Å². The minimum atomic E-state index is -3.03. The third-order valence-electron chi connectivity index (χ3n) is 2.55. The number of hydrogen-bond donors (Lipinski definition) is 0. The van der Waals surface area contributed by atoms with E-state index in [4.69, 9.17) is 16.3 Å². The van der Waals surface area contributed by atoms with E-state index < -0.39 is 9.84 Å². The second-order valence-corrected chi connectivity index (χ2v) is 6.57. The molecule has 0 spiro atoms. The first-order valence-corrected chi connectivity index (χ1v) is 7.11. The third kappa shape index (κ3) is 2.84. The van der Waals surface area contributed by atoms with Gasteiger partial charge in [0, 0.05) is 12.5 Å². The molecule has 0 radical (unpaired) electrons. The molecule has 0 aliphatic carbocycles. The predicted molar refractivity (Wildman–Crippen MR) is 57.5 cm³/mol. The molecule has 1 heterocycles. The summed E-state index contributed by atoms with van der Waals surface area (Å²) in [6.45, 7) is 4.23. The lowest BCUT2D eigenvalue weighted by atomic mass is 10.2. The van der Waals surface area contributed by atoms with Crippen molar-refractivity contribution in [2.24, 2.45) is 5.92 Å². The number of halogens is 1. The molecule has 1 rings (SSSR count). The molecule has 0 bridgehead atoms. The molecule has 1 fully saturated rings. The topological polar surface area (TPSA) is 43.4 Å². The molecule has 0 aromatic rings. The maximum Gasteiger partial charge on any atom is 0.156 e. The lowest BCUT2D eigenvalue weighted by Gasteiger charge is -2.16. The molecule has 1 saturated heterocycles. The van der Waals surface area contributed by atoms with Gasteiger partial charge in [0.1, 0.15) is 0 Å². The molecule has 0 N–H and O–H groups in total. The Morgan fingerprint density at radius 1 is 1.57 bits per heavy atom. The highest BCUT2D eigenvalue weighted by Crippen LogP contribution is 2.23. The zero-order chi connectivity index (χ0) is 10.8. The van der Waals surface area contributed by atoms with Gasteiger partial charge in [-0.1, -0.05) is 6.92 Å². The molecule has 0 saturated carbocycles. The summed E-state index contributed by atoms with van der Waals surface area (Å²) >= 11 is 5.61. The van der Waals surface area contributed by atoms with Crippen LogP contribution in [0.15, 0.2) is 0 Å². The summed E-state index contributed by atoms with van der Waals surface area (Å²) in [6, 6.07) is 0. The first-order valence-electron chi connectivity index (χ1n) is 4.86. The Balaban J connectivity index is 2.65. The van der Waals surface area contributed by atoms with E-state index in [0.717, 1.165) is 0 Å². The average Bonchev–Trinajstić information content (AvgIpc) is 2.51. The van der Waals surface area contributed by atoms with E-state index in [2.05, 4.69) is 0 Å². The molecule has 5 heteroatoms. The third-order valence-corrected chi connectivity index (χ3v) is 5.65. The molecule has 3 atom stereocenters. The molecule has 1 aliphatic heterocycles. The first-order chi connectivity index (χ1) is 6.47. The Labute approximate surface area is 90.7 Å². The second-order valence-electron chi connectivity index (χ2n) is 3.99. The fourth-order valence-electron chi connectivity index (χ4n) is 1.75. The van der Waals surface area contributed by atoms with Crippen molar-refractivity contribution in [1.82, 2.24) is 0 Å². The van der Waals surface area contributed by atoms with Crippen molar-refractivity contribution in [2.75, 3.05) is 18.2 Å². The van der Waals surface area contributed by atoms with E-state index in [0.29, 0.717) is 18.9 Å². The second kappa shape index (κ2) is 4.81. The van der Waals surface area contributed by atoms with Gasteiger partial charge < -0.3 is 4.74 Å². The van der Waals surface area contributed by atoms with E-state index in [1.165, 1.54) is 0 Å². The average molecular weight is 241 g/mol. The number of alkyl halides is 1. The summed E-state index contributed by atoms with van der Waals surface area (Å²) in [6.07, 6.45) is 0.459. The van der Waals surface area contributed by atoms with Gasteiger partial charge in [0.2, 0.25) is 0 Å². The highest BCUT2D eigenvalue weighted by Gasteiger charge is 2.36. The zero-order valence-corrected chi connectivity index (χ0v) is 10.1. The molecule has 84 valence electrons. The van der Waals surface area contributed by atoms with Crippen LogP contribution in [0.3, 0.4) is 0 Å². The van der Waals surface area contributed by atoms with Crippen LogP contribution in [0.25, 0.3) is 0 Å². The maximum absolute atomic E-state index is 11.9. The SMILES string of the molecule is CC(CCl)CS(=O)(=O)C1CCOC1C. The van der Waals surface area contributed by atoms with Gasteiger partial charge in [-0.2, -0.15) is 0 Å². The van der Waals surface area contributed by atoms with Crippen LogP contribution >= 0.6 is 11.6 Å². The summed E-state index contributed by atoms with van der Waals surface area (Å²) in [5.41, 5.74) is 0. The maximum atomic E-state index is 11.9. The molecule has 0 aromatic carbocycles. The number of sulfone groups is 1. The van der Waals surface area contributed by atoms with Crippen molar-refractivity contribution >= 4 is 21.4 Å². The van der Waals surface area contributed by atoms with Crippen molar-refractivity contribution < 1.29 is 13.2 Å². The Kier molecular flexibility index (Phi) is 4.22.